The molecule has 0 bridgehead atoms. The zero-order valence-electron chi connectivity index (χ0n) is 17.9. The molecule has 7 nitrogen and oxygen atoms in total. The van der Waals surface area contributed by atoms with Crippen LogP contribution in [0.25, 0.3) is 11.4 Å². The maximum atomic E-state index is 13.6. The van der Waals surface area contributed by atoms with Crippen molar-refractivity contribution in [1.29, 1.82) is 0 Å². The highest BCUT2D eigenvalue weighted by Crippen LogP contribution is 2.35. The van der Waals surface area contributed by atoms with Crippen LogP contribution >= 0.6 is 0 Å². The van der Waals surface area contributed by atoms with Crippen LogP contribution in [0.15, 0.2) is 40.9 Å². The van der Waals surface area contributed by atoms with Gasteiger partial charge in [0.05, 0.1) is 19.1 Å². The molecule has 0 spiro atoms. The summed E-state index contributed by atoms with van der Waals surface area (Å²) in [4.78, 5) is 18.7. The lowest BCUT2D eigenvalue weighted by atomic mass is 10.1. The fourth-order valence-corrected chi connectivity index (χ4v) is 3.60. The van der Waals surface area contributed by atoms with Gasteiger partial charge in [-0.2, -0.15) is 4.98 Å². The van der Waals surface area contributed by atoms with Crippen molar-refractivity contribution in [2.24, 2.45) is 0 Å². The van der Waals surface area contributed by atoms with Crippen molar-refractivity contribution in [2.45, 2.75) is 39.2 Å². The standard InChI is InChI=1S/C23H24FN3O4/c1-13(2)30-19-8-5-15(10-20(19)29-4)22-25-23(31-26-22)16-11-21(28)27(12-16)17-6-7-18(24)14(3)9-17/h5-10,13,16H,11-12H2,1-4H3. The molecule has 1 aromatic heterocycles. The maximum Gasteiger partial charge on any atom is 0.232 e. The third-order valence-corrected chi connectivity index (χ3v) is 5.15. The molecule has 0 radical (unpaired) electrons. The minimum absolute atomic E-state index is 0.0178. The van der Waals surface area contributed by atoms with Gasteiger partial charge in [0.2, 0.25) is 17.6 Å². The van der Waals surface area contributed by atoms with Gasteiger partial charge in [-0.3, -0.25) is 4.79 Å². The lowest BCUT2D eigenvalue weighted by molar-refractivity contribution is -0.117. The van der Waals surface area contributed by atoms with Gasteiger partial charge in [-0.1, -0.05) is 5.16 Å². The Morgan fingerprint density at radius 3 is 2.71 bits per heavy atom. The largest absolute Gasteiger partial charge is 0.493 e. The van der Waals surface area contributed by atoms with Crippen molar-refractivity contribution in [1.82, 2.24) is 10.1 Å². The number of benzene rings is 2. The molecule has 1 fully saturated rings. The summed E-state index contributed by atoms with van der Waals surface area (Å²) in [6, 6.07) is 10.1. The van der Waals surface area contributed by atoms with Crippen molar-refractivity contribution < 1.29 is 23.2 Å². The van der Waals surface area contributed by atoms with E-state index in [0.717, 1.165) is 5.56 Å². The number of hydrogen-bond acceptors (Lipinski definition) is 6. The predicted octanol–water partition coefficient (Wildman–Crippen LogP) is 4.50. The number of amides is 1. The smallest absolute Gasteiger partial charge is 0.232 e. The predicted molar refractivity (Wildman–Crippen MR) is 113 cm³/mol. The molecule has 3 aromatic rings. The van der Waals surface area contributed by atoms with Gasteiger partial charge in [-0.25, -0.2) is 4.39 Å². The second kappa shape index (κ2) is 8.37. The summed E-state index contributed by atoms with van der Waals surface area (Å²) in [6.45, 7) is 5.96. The Balaban J connectivity index is 1.54. The third kappa shape index (κ3) is 4.23. The molecule has 1 amide bonds. The highest BCUT2D eigenvalue weighted by Gasteiger charge is 2.35. The fraction of sp³-hybridized carbons (Fsp3) is 0.348. The molecule has 1 atom stereocenters. The molecular weight excluding hydrogens is 401 g/mol. The van der Waals surface area contributed by atoms with Gasteiger partial charge in [-0.05, 0) is 62.7 Å². The lowest BCUT2D eigenvalue weighted by Crippen LogP contribution is -2.24. The van der Waals surface area contributed by atoms with E-state index in [2.05, 4.69) is 10.1 Å². The first-order valence-electron chi connectivity index (χ1n) is 10.1. The summed E-state index contributed by atoms with van der Waals surface area (Å²) in [6.07, 6.45) is 0.270. The van der Waals surface area contributed by atoms with E-state index in [9.17, 15) is 9.18 Å². The Bertz CT molecular complexity index is 1110. The zero-order valence-corrected chi connectivity index (χ0v) is 17.9. The Morgan fingerprint density at radius 2 is 2.00 bits per heavy atom. The van der Waals surface area contributed by atoms with Crippen LogP contribution in [0.4, 0.5) is 10.1 Å². The van der Waals surface area contributed by atoms with E-state index in [1.165, 1.54) is 6.07 Å². The number of nitrogens with zero attached hydrogens (tertiary/aromatic N) is 3. The van der Waals surface area contributed by atoms with Crippen LogP contribution in [0.2, 0.25) is 0 Å². The average molecular weight is 425 g/mol. The molecule has 2 heterocycles. The summed E-state index contributed by atoms with van der Waals surface area (Å²) < 4.78 is 30.2. The average Bonchev–Trinajstić information content (AvgIpc) is 3.37. The Hall–Kier alpha value is -3.42. The highest BCUT2D eigenvalue weighted by atomic mass is 19.1. The third-order valence-electron chi connectivity index (χ3n) is 5.15. The fourth-order valence-electron chi connectivity index (χ4n) is 3.60. The van der Waals surface area contributed by atoms with Gasteiger partial charge in [-0.15, -0.1) is 0 Å². The van der Waals surface area contributed by atoms with Gasteiger partial charge < -0.3 is 18.9 Å². The van der Waals surface area contributed by atoms with E-state index in [1.807, 2.05) is 26.0 Å². The van der Waals surface area contributed by atoms with Crippen LogP contribution in [-0.4, -0.2) is 35.8 Å². The summed E-state index contributed by atoms with van der Waals surface area (Å²) >= 11 is 0. The van der Waals surface area contributed by atoms with Crippen LogP contribution in [-0.2, 0) is 4.79 Å². The van der Waals surface area contributed by atoms with Crippen LogP contribution in [0.5, 0.6) is 11.5 Å². The molecule has 31 heavy (non-hydrogen) atoms. The maximum absolute atomic E-state index is 13.6. The first-order chi connectivity index (χ1) is 14.9. The van der Waals surface area contributed by atoms with Crippen LogP contribution < -0.4 is 14.4 Å². The van der Waals surface area contributed by atoms with Crippen LogP contribution in [0, 0.1) is 12.7 Å². The minimum Gasteiger partial charge on any atom is -0.493 e. The van der Waals surface area contributed by atoms with Crippen LogP contribution in [0.3, 0.4) is 0 Å². The Morgan fingerprint density at radius 1 is 1.19 bits per heavy atom. The molecule has 4 rings (SSSR count). The van der Waals surface area contributed by atoms with Crippen molar-refractivity contribution in [2.75, 3.05) is 18.6 Å². The van der Waals surface area contributed by atoms with Gasteiger partial charge in [0.15, 0.2) is 11.5 Å². The number of carbonyl (C=O) groups excluding carboxylic acids is 1. The monoisotopic (exact) mass is 425 g/mol. The molecule has 1 unspecified atom stereocenters. The number of aryl methyl sites for hydroxylation is 1. The number of halogens is 1. The van der Waals surface area contributed by atoms with E-state index in [-0.39, 0.29) is 30.2 Å². The summed E-state index contributed by atoms with van der Waals surface area (Å²) in [5.41, 5.74) is 1.88. The number of hydrogen-bond donors (Lipinski definition) is 0. The van der Waals surface area contributed by atoms with Gasteiger partial charge in [0, 0.05) is 24.2 Å². The van der Waals surface area contributed by atoms with Crippen molar-refractivity contribution in [3.8, 4) is 22.9 Å². The number of anilines is 1. The first kappa shape index (κ1) is 20.8. The molecular formula is C23H24FN3O4. The molecule has 0 aliphatic carbocycles. The molecule has 1 saturated heterocycles. The molecule has 0 N–H and O–H groups in total. The van der Waals surface area contributed by atoms with E-state index in [0.29, 0.717) is 41.0 Å². The number of aromatic nitrogens is 2. The van der Waals surface area contributed by atoms with Crippen molar-refractivity contribution >= 4 is 11.6 Å². The number of carbonyl (C=O) groups is 1. The van der Waals surface area contributed by atoms with E-state index >= 15 is 0 Å². The minimum atomic E-state index is -0.297. The van der Waals surface area contributed by atoms with Gasteiger partial charge >= 0.3 is 0 Å². The highest BCUT2D eigenvalue weighted by molar-refractivity contribution is 5.96. The second-order valence-electron chi connectivity index (χ2n) is 7.83. The first-order valence-corrected chi connectivity index (χ1v) is 10.1. The van der Waals surface area contributed by atoms with E-state index < -0.39 is 0 Å². The molecule has 0 saturated carbocycles. The van der Waals surface area contributed by atoms with Gasteiger partial charge in [0.1, 0.15) is 5.82 Å². The molecule has 8 heteroatoms. The quantitative estimate of drug-likeness (QED) is 0.579. The normalized spacial score (nSPS) is 16.3. The zero-order chi connectivity index (χ0) is 22.1. The molecule has 1 aliphatic heterocycles. The molecule has 162 valence electrons. The van der Waals surface area contributed by atoms with Crippen molar-refractivity contribution in [3.05, 3.63) is 53.7 Å². The number of ether oxygens (including phenoxy) is 2. The summed E-state index contributed by atoms with van der Waals surface area (Å²) in [7, 11) is 1.57. The SMILES string of the molecule is COc1cc(-c2noc(C3CC(=O)N(c4ccc(F)c(C)c4)C3)n2)ccc1OC(C)C. The number of methoxy groups -OCH3 is 1. The number of rotatable bonds is 6. The van der Waals surface area contributed by atoms with E-state index in [4.69, 9.17) is 14.0 Å². The topological polar surface area (TPSA) is 77.7 Å². The Labute approximate surface area is 179 Å². The molecule has 1 aliphatic rings. The summed E-state index contributed by atoms with van der Waals surface area (Å²) in [5, 5.41) is 4.08. The Kier molecular flexibility index (Phi) is 5.63. The lowest BCUT2D eigenvalue weighted by Gasteiger charge is -2.16. The summed E-state index contributed by atoms with van der Waals surface area (Å²) in [5.74, 6) is 1.42. The van der Waals surface area contributed by atoms with Crippen molar-refractivity contribution in [3.63, 3.8) is 0 Å². The van der Waals surface area contributed by atoms with Gasteiger partial charge in [0.25, 0.3) is 0 Å². The van der Waals surface area contributed by atoms with E-state index in [1.54, 1.807) is 37.1 Å². The second-order valence-corrected chi connectivity index (χ2v) is 7.83. The molecule has 2 aromatic carbocycles. The van der Waals surface area contributed by atoms with Crippen LogP contribution in [0.1, 0.15) is 37.6 Å².